The predicted molar refractivity (Wildman–Crippen MR) is 119 cm³/mol. The minimum atomic E-state index is -0.594. The number of anilines is 1. The van der Waals surface area contributed by atoms with Crippen molar-refractivity contribution in [3.05, 3.63) is 70.3 Å². The van der Waals surface area contributed by atoms with Crippen molar-refractivity contribution in [2.45, 2.75) is 25.0 Å². The Hall–Kier alpha value is -2.91. The van der Waals surface area contributed by atoms with Crippen LogP contribution in [0.5, 0.6) is 0 Å². The Bertz CT molecular complexity index is 1120. The van der Waals surface area contributed by atoms with Gasteiger partial charge in [0.05, 0.1) is 17.4 Å². The lowest BCUT2D eigenvalue weighted by Crippen LogP contribution is -2.29. The van der Waals surface area contributed by atoms with E-state index in [9.17, 15) is 14.0 Å². The lowest BCUT2D eigenvalue weighted by Gasteiger charge is -2.14. The predicted octanol–water partition coefficient (Wildman–Crippen LogP) is 4.14. The Morgan fingerprint density at radius 1 is 1.23 bits per heavy atom. The van der Waals surface area contributed by atoms with Gasteiger partial charge in [0.25, 0.3) is 5.91 Å². The number of benzene rings is 2. The maximum Gasteiger partial charge on any atom is 0.254 e. The number of rotatable bonds is 7. The molecule has 2 N–H and O–H groups in total. The lowest BCUT2D eigenvalue weighted by atomic mass is 10.2. The number of aryl methyl sites for hydroxylation is 1. The van der Waals surface area contributed by atoms with Gasteiger partial charge in [-0.25, -0.2) is 4.39 Å². The van der Waals surface area contributed by atoms with Gasteiger partial charge in [-0.1, -0.05) is 35.5 Å². The molecule has 0 fully saturated rings. The fraction of sp³-hybridized carbons (Fsp3) is 0.238. The van der Waals surface area contributed by atoms with E-state index in [1.54, 1.807) is 42.8 Å². The standard InChI is InChI=1S/C21H21ClFN5O2S/c1-12-10-14(22)8-9-17(12)25-18(29)11-31-21-27-26-19(28(21)3)13(2)24-20(30)15-6-4-5-7-16(15)23/h4-10,13H,11H2,1-3H3,(H,24,30)(H,25,29). The summed E-state index contributed by atoms with van der Waals surface area (Å²) in [5.41, 5.74) is 1.52. The van der Waals surface area contributed by atoms with Crippen molar-refractivity contribution in [2.24, 2.45) is 7.05 Å². The van der Waals surface area contributed by atoms with E-state index in [0.717, 1.165) is 5.56 Å². The molecule has 0 bridgehead atoms. The number of thioether (sulfide) groups is 1. The van der Waals surface area contributed by atoms with Crippen LogP contribution in [-0.4, -0.2) is 32.3 Å². The minimum Gasteiger partial charge on any atom is -0.342 e. The first kappa shape index (κ1) is 22.8. The molecule has 0 aliphatic rings. The van der Waals surface area contributed by atoms with E-state index in [0.29, 0.717) is 21.7 Å². The summed E-state index contributed by atoms with van der Waals surface area (Å²) in [6.07, 6.45) is 0. The van der Waals surface area contributed by atoms with E-state index in [2.05, 4.69) is 20.8 Å². The molecule has 0 aliphatic carbocycles. The molecule has 3 rings (SSSR count). The highest BCUT2D eigenvalue weighted by atomic mass is 35.5. The second-order valence-corrected chi connectivity index (χ2v) is 8.25. The zero-order valence-electron chi connectivity index (χ0n) is 17.1. The molecule has 7 nitrogen and oxygen atoms in total. The summed E-state index contributed by atoms with van der Waals surface area (Å²) in [5.74, 6) is -0.713. The highest BCUT2D eigenvalue weighted by molar-refractivity contribution is 7.99. The monoisotopic (exact) mass is 461 g/mol. The molecule has 2 amide bonds. The molecule has 1 aromatic heterocycles. The second-order valence-electron chi connectivity index (χ2n) is 6.87. The summed E-state index contributed by atoms with van der Waals surface area (Å²) in [7, 11) is 1.74. The van der Waals surface area contributed by atoms with Crippen molar-refractivity contribution >= 4 is 40.9 Å². The van der Waals surface area contributed by atoms with Crippen molar-refractivity contribution in [1.82, 2.24) is 20.1 Å². The van der Waals surface area contributed by atoms with E-state index < -0.39 is 17.8 Å². The molecule has 0 aliphatic heterocycles. The maximum atomic E-state index is 13.8. The summed E-state index contributed by atoms with van der Waals surface area (Å²) in [4.78, 5) is 24.6. The molecule has 2 aromatic carbocycles. The summed E-state index contributed by atoms with van der Waals surface area (Å²) in [5, 5.41) is 14.9. The molecule has 1 heterocycles. The Morgan fingerprint density at radius 2 is 1.97 bits per heavy atom. The van der Waals surface area contributed by atoms with Crippen LogP contribution < -0.4 is 10.6 Å². The Morgan fingerprint density at radius 3 is 2.68 bits per heavy atom. The third-order valence-electron chi connectivity index (χ3n) is 4.52. The van der Waals surface area contributed by atoms with Crippen molar-refractivity contribution in [3.63, 3.8) is 0 Å². The molecule has 0 radical (unpaired) electrons. The summed E-state index contributed by atoms with van der Waals surface area (Å²) < 4.78 is 15.5. The summed E-state index contributed by atoms with van der Waals surface area (Å²) >= 11 is 7.15. The van der Waals surface area contributed by atoms with Gasteiger partial charge in [-0.2, -0.15) is 0 Å². The SMILES string of the molecule is Cc1cc(Cl)ccc1NC(=O)CSc1nnc(C(C)NC(=O)c2ccccc2F)n1C. The quantitative estimate of drug-likeness (QED) is 0.516. The van der Waals surface area contributed by atoms with Gasteiger partial charge in [0.15, 0.2) is 11.0 Å². The van der Waals surface area contributed by atoms with Crippen LogP contribution in [0.15, 0.2) is 47.6 Å². The molecule has 31 heavy (non-hydrogen) atoms. The third-order valence-corrected chi connectivity index (χ3v) is 5.77. The van der Waals surface area contributed by atoms with Crippen LogP contribution in [0.4, 0.5) is 10.1 Å². The number of nitrogens with one attached hydrogen (secondary N) is 2. The summed E-state index contributed by atoms with van der Waals surface area (Å²) in [6, 6.07) is 10.5. The van der Waals surface area contributed by atoms with E-state index in [1.165, 1.54) is 30.0 Å². The molecule has 162 valence electrons. The van der Waals surface area contributed by atoms with Crippen LogP contribution in [0.25, 0.3) is 0 Å². The molecule has 1 unspecified atom stereocenters. The number of carbonyl (C=O) groups is 2. The molecule has 0 saturated carbocycles. The molecule has 10 heteroatoms. The zero-order valence-corrected chi connectivity index (χ0v) is 18.7. The fourth-order valence-corrected chi connectivity index (χ4v) is 3.84. The number of hydrogen-bond acceptors (Lipinski definition) is 5. The smallest absolute Gasteiger partial charge is 0.254 e. The number of nitrogens with zero attached hydrogens (tertiary/aromatic N) is 3. The van der Waals surface area contributed by atoms with E-state index in [-0.39, 0.29) is 17.2 Å². The first-order valence-electron chi connectivity index (χ1n) is 9.39. The van der Waals surface area contributed by atoms with E-state index in [1.807, 2.05) is 6.92 Å². The first-order valence-corrected chi connectivity index (χ1v) is 10.8. The van der Waals surface area contributed by atoms with Crippen LogP contribution in [0.2, 0.25) is 5.02 Å². The Kier molecular flexibility index (Phi) is 7.29. The van der Waals surface area contributed by atoms with E-state index >= 15 is 0 Å². The van der Waals surface area contributed by atoms with Crippen molar-refractivity contribution in [1.29, 1.82) is 0 Å². The van der Waals surface area contributed by atoms with Crippen LogP contribution >= 0.6 is 23.4 Å². The van der Waals surface area contributed by atoms with Crippen molar-refractivity contribution in [3.8, 4) is 0 Å². The Balaban J connectivity index is 1.59. The number of carbonyl (C=O) groups excluding carboxylic acids is 2. The van der Waals surface area contributed by atoms with Gasteiger partial charge >= 0.3 is 0 Å². The fourth-order valence-electron chi connectivity index (χ4n) is 2.90. The molecule has 3 aromatic rings. The second kappa shape index (κ2) is 9.93. The average Bonchev–Trinajstić information content (AvgIpc) is 3.09. The topological polar surface area (TPSA) is 88.9 Å². The largest absolute Gasteiger partial charge is 0.342 e. The number of halogens is 2. The number of amides is 2. The van der Waals surface area contributed by atoms with Gasteiger partial charge in [-0.3, -0.25) is 9.59 Å². The normalized spacial score (nSPS) is 11.8. The van der Waals surface area contributed by atoms with Gasteiger partial charge in [0, 0.05) is 17.8 Å². The first-order chi connectivity index (χ1) is 14.8. The van der Waals surface area contributed by atoms with Crippen molar-refractivity contribution in [2.75, 3.05) is 11.1 Å². The van der Waals surface area contributed by atoms with Gasteiger partial charge < -0.3 is 15.2 Å². The molecule has 0 spiro atoms. The number of hydrogen-bond donors (Lipinski definition) is 2. The minimum absolute atomic E-state index is 0.0414. The summed E-state index contributed by atoms with van der Waals surface area (Å²) in [6.45, 7) is 3.59. The van der Waals surface area contributed by atoms with E-state index in [4.69, 9.17) is 11.6 Å². The van der Waals surface area contributed by atoms with Crippen LogP contribution in [0, 0.1) is 12.7 Å². The van der Waals surface area contributed by atoms with Gasteiger partial charge in [-0.15, -0.1) is 10.2 Å². The highest BCUT2D eigenvalue weighted by Crippen LogP contribution is 2.22. The van der Waals surface area contributed by atoms with Gasteiger partial charge in [-0.05, 0) is 49.7 Å². The van der Waals surface area contributed by atoms with Crippen LogP contribution in [-0.2, 0) is 11.8 Å². The Labute approximate surface area is 188 Å². The van der Waals surface area contributed by atoms with Crippen molar-refractivity contribution < 1.29 is 14.0 Å². The maximum absolute atomic E-state index is 13.8. The molecule has 1 atom stereocenters. The number of aromatic nitrogens is 3. The molecular weight excluding hydrogens is 441 g/mol. The van der Waals surface area contributed by atoms with Crippen LogP contribution in [0.3, 0.4) is 0 Å². The third kappa shape index (κ3) is 5.62. The zero-order chi connectivity index (χ0) is 22.5. The lowest BCUT2D eigenvalue weighted by molar-refractivity contribution is -0.113. The molecular formula is C21H21ClFN5O2S. The average molecular weight is 462 g/mol. The molecule has 0 saturated heterocycles. The highest BCUT2D eigenvalue weighted by Gasteiger charge is 2.20. The van der Waals surface area contributed by atoms with Gasteiger partial charge in [0.1, 0.15) is 5.82 Å². The van der Waals surface area contributed by atoms with Crippen LogP contribution in [0.1, 0.15) is 34.7 Å². The van der Waals surface area contributed by atoms with Gasteiger partial charge in [0.2, 0.25) is 5.91 Å².